The first-order chi connectivity index (χ1) is 16.5. The second kappa shape index (κ2) is 11.4. The number of benzene rings is 1. The summed E-state index contributed by atoms with van der Waals surface area (Å²) < 4.78 is 20.3. The molecular formula is C26H37ClFN3O4. The minimum Gasteiger partial charge on any atom is -0.488 e. The lowest BCUT2D eigenvalue weighted by Crippen LogP contribution is -2.50. The van der Waals surface area contributed by atoms with Crippen molar-refractivity contribution in [2.24, 2.45) is 11.8 Å². The lowest BCUT2D eigenvalue weighted by molar-refractivity contribution is -0.141. The molecule has 3 unspecified atom stereocenters. The zero-order valence-corrected chi connectivity index (χ0v) is 21.1. The number of hydrogen-bond donors (Lipinski definition) is 1. The number of aliphatic hydroxyl groups is 1. The number of amides is 2. The van der Waals surface area contributed by atoms with Crippen LogP contribution in [0.5, 0.6) is 5.75 Å². The first-order valence-electron chi connectivity index (χ1n) is 13.0. The molecule has 2 amide bonds. The van der Waals surface area contributed by atoms with Crippen LogP contribution >= 0.6 is 12.4 Å². The van der Waals surface area contributed by atoms with E-state index in [1.807, 2.05) is 0 Å². The van der Waals surface area contributed by atoms with Gasteiger partial charge in [0.2, 0.25) is 11.8 Å². The van der Waals surface area contributed by atoms with Crippen LogP contribution in [0.2, 0.25) is 0 Å². The van der Waals surface area contributed by atoms with Crippen LogP contribution in [-0.2, 0) is 9.59 Å². The van der Waals surface area contributed by atoms with Crippen LogP contribution in [0.25, 0.3) is 0 Å². The smallest absolute Gasteiger partial charge is 0.233 e. The van der Waals surface area contributed by atoms with Gasteiger partial charge in [-0.05, 0) is 50.7 Å². The molecule has 4 aliphatic rings. The zero-order chi connectivity index (χ0) is 23.7. The molecule has 2 aliphatic heterocycles. The molecule has 1 N–H and O–H groups in total. The van der Waals surface area contributed by atoms with E-state index in [9.17, 15) is 19.1 Å². The van der Waals surface area contributed by atoms with Crippen LogP contribution < -0.4 is 9.64 Å². The molecule has 0 bridgehead atoms. The van der Waals surface area contributed by atoms with Crippen LogP contribution in [0.15, 0.2) is 18.2 Å². The van der Waals surface area contributed by atoms with E-state index in [0.717, 1.165) is 50.0 Å². The monoisotopic (exact) mass is 509 g/mol. The van der Waals surface area contributed by atoms with Gasteiger partial charge >= 0.3 is 0 Å². The first kappa shape index (κ1) is 26.2. The van der Waals surface area contributed by atoms with Crippen molar-refractivity contribution in [2.45, 2.75) is 63.6 Å². The van der Waals surface area contributed by atoms with Crippen molar-refractivity contribution < 1.29 is 23.8 Å². The summed E-state index contributed by atoms with van der Waals surface area (Å²) in [4.78, 5) is 31.0. The number of halogens is 2. The van der Waals surface area contributed by atoms with Crippen molar-refractivity contribution in [2.75, 3.05) is 44.2 Å². The number of anilines is 1. The highest BCUT2D eigenvalue weighted by Gasteiger charge is 2.48. The summed E-state index contributed by atoms with van der Waals surface area (Å²) in [7, 11) is 0. The first-order valence-corrected chi connectivity index (χ1v) is 13.0. The van der Waals surface area contributed by atoms with E-state index in [4.69, 9.17) is 4.74 Å². The van der Waals surface area contributed by atoms with Crippen LogP contribution in [-0.4, -0.2) is 78.2 Å². The van der Waals surface area contributed by atoms with Gasteiger partial charge in [-0.1, -0.05) is 12.8 Å². The van der Waals surface area contributed by atoms with Gasteiger partial charge in [0.25, 0.3) is 0 Å². The third kappa shape index (κ3) is 5.75. The third-order valence-corrected chi connectivity index (χ3v) is 8.02. The molecule has 5 rings (SSSR count). The van der Waals surface area contributed by atoms with Gasteiger partial charge in [-0.2, -0.15) is 0 Å². The number of rotatable bonds is 7. The van der Waals surface area contributed by atoms with Gasteiger partial charge in [0.1, 0.15) is 11.6 Å². The Morgan fingerprint density at radius 2 is 1.51 bits per heavy atom. The second-order valence-electron chi connectivity index (χ2n) is 10.4. The normalized spacial score (nSPS) is 26.6. The van der Waals surface area contributed by atoms with Gasteiger partial charge in [-0.3, -0.25) is 19.4 Å². The predicted octanol–water partition coefficient (Wildman–Crippen LogP) is 3.23. The number of likely N-dealkylation sites (tertiary alicyclic amines) is 1. The predicted molar refractivity (Wildman–Crippen MR) is 133 cm³/mol. The topological polar surface area (TPSA) is 73.3 Å². The van der Waals surface area contributed by atoms with Crippen LogP contribution in [0, 0.1) is 17.7 Å². The van der Waals surface area contributed by atoms with Gasteiger partial charge in [0.05, 0.1) is 36.3 Å². The van der Waals surface area contributed by atoms with E-state index in [2.05, 4.69) is 9.80 Å². The molecule has 0 radical (unpaired) electrons. The largest absolute Gasteiger partial charge is 0.488 e. The molecule has 1 aromatic rings. The fourth-order valence-corrected chi connectivity index (χ4v) is 6.17. The number of nitrogens with zero attached hydrogens (tertiary/aromatic N) is 3. The summed E-state index contributed by atoms with van der Waals surface area (Å²) in [5.41, 5.74) is 0.794. The summed E-state index contributed by atoms with van der Waals surface area (Å²) >= 11 is 0. The fraction of sp³-hybridized carbons (Fsp3) is 0.692. The van der Waals surface area contributed by atoms with Gasteiger partial charge in [-0.15, -0.1) is 12.4 Å². The van der Waals surface area contributed by atoms with Crippen molar-refractivity contribution in [1.29, 1.82) is 0 Å². The highest BCUT2D eigenvalue weighted by atomic mass is 35.5. The van der Waals surface area contributed by atoms with Crippen molar-refractivity contribution in [3.05, 3.63) is 24.0 Å². The Morgan fingerprint density at radius 3 is 2.14 bits per heavy atom. The summed E-state index contributed by atoms with van der Waals surface area (Å²) in [6.45, 7) is 3.31. The Hall–Kier alpha value is -1.90. The molecule has 2 saturated heterocycles. The van der Waals surface area contributed by atoms with Crippen molar-refractivity contribution in [3.8, 4) is 5.75 Å². The van der Waals surface area contributed by atoms with E-state index in [1.165, 1.54) is 23.8 Å². The maximum Gasteiger partial charge on any atom is 0.233 e. The number of piperazine rings is 1. The molecule has 35 heavy (non-hydrogen) atoms. The number of carbonyl (C=O) groups is 2. The van der Waals surface area contributed by atoms with Crippen LogP contribution in [0.3, 0.4) is 0 Å². The van der Waals surface area contributed by atoms with E-state index < -0.39 is 6.10 Å². The van der Waals surface area contributed by atoms with E-state index in [-0.39, 0.29) is 54.5 Å². The van der Waals surface area contributed by atoms with Crippen LogP contribution in [0.4, 0.5) is 10.1 Å². The molecule has 1 aromatic carbocycles. The number of ether oxygens (including phenoxy) is 1. The van der Waals surface area contributed by atoms with Crippen molar-refractivity contribution >= 4 is 29.9 Å². The maximum atomic E-state index is 14.0. The lowest BCUT2D eigenvalue weighted by atomic mass is 9.81. The molecule has 194 valence electrons. The molecule has 0 aromatic heterocycles. The van der Waals surface area contributed by atoms with E-state index in [0.29, 0.717) is 32.7 Å². The third-order valence-electron chi connectivity index (χ3n) is 8.02. The number of carbonyl (C=O) groups excluding carboxylic acids is 2. The molecular weight excluding hydrogens is 473 g/mol. The van der Waals surface area contributed by atoms with Crippen LogP contribution in [0.1, 0.15) is 51.4 Å². The molecule has 2 aliphatic carbocycles. The molecule has 9 heteroatoms. The second-order valence-corrected chi connectivity index (χ2v) is 10.4. The molecule has 2 heterocycles. The molecule has 7 nitrogen and oxygen atoms in total. The average Bonchev–Trinajstić information content (AvgIpc) is 3.44. The Labute approximate surface area is 213 Å². The molecule has 3 atom stereocenters. The fourth-order valence-electron chi connectivity index (χ4n) is 6.17. The lowest BCUT2D eigenvalue weighted by Gasteiger charge is -2.38. The number of aliphatic hydroxyl groups excluding tert-OH is 1. The van der Waals surface area contributed by atoms with E-state index in [1.54, 1.807) is 12.1 Å². The minimum atomic E-state index is -0.768. The summed E-state index contributed by atoms with van der Waals surface area (Å²) in [6.07, 6.45) is 7.47. The zero-order valence-electron chi connectivity index (χ0n) is 20.2. The number of hydrogen-bond acceptors (Lipinski definition) is 6. The number of imide groups is 1. The highest BCUT2D eigenvalue weighted by Crippen LogP contribution is 2.38. The molecule has 0 spiro atoms. The van der Waals surface area contributed by atoms with Gasteiger partial charge in [0, 0.05) is 38.8 Å². The average molecular weight is 510 g/mol. The van der Waals surface area contributed by atoms with Crippen molar-refractivity contribution in [3.63, 3.8) is 0 Å². The van der Waals surface area contributed by atoms with Gasteiger partial charge < -0.3 is 14.7 Å². The highest BCUT2D eigenvalue weighted by molar-refractivity contribution is 6.05. The van der Waals surface area contributed by atoms with Gasteiger partial charge in [0.15, 0.2) is 0 Å². The quantitative estimate of drug-likeness (QED) is 0.569. The minimum absolute atomic E-state index is 0. The summed E-state index contributed by atoms with van der Waals surface area (Å²) in [6, 6.07) is 4.75. The Kier molecular flexibility index (Phi) is 8.55. The Balaban J connectivity index is 0.00000289. The molecule has 2 saturated carbocycles. The van der Waals surface area contributed by atoms with Gasteiger partial charge in [-0.25, -0.2) is 4.39 Å². The SMILES string of the molecule is Cl.O=C1C2CCCCC2C(=O)N1CC(O)CN1CCN(c2cc(F)ccc2OC2CCCC2)CC1. The summed E-state index contributed by atoms with van der Waals surface area (Å²) in [5.74, 6) is -0.0757. The summed E-state index contributed by atoms with van der Waals surface area (Å²) in [5, 5.41) is 10.7. The Morgan fingerprint density at radius 1 is 0.914 bits per heavy atom. The Bertz CT molecular complexity index is 881. The number of β-amino-alcohol motifs (C(OH)–C–C–N with tert-alkyl or cyclic N) is 1. The number of fused-ring (bicyclic) bond motifs is 1. The maximum absolute atomic E-state index is 14.0. The van der Waals surface area contributed by atoms with Crippen molar-refractivity contribution in [1.82, 2.24) is 9.80 Å². The standard InChI is InChI=1S/C26H36FN3O4.ClH/c27-18-9-10-24(34-20-5-1-2-6-20)23(15-18)29-13-11-28(12-14-29)16-19(31)17-30-25(32)21-7-3-4-8-22(21)26(30)33;/h9-10,15,19-22,31H,1-8,11-14,16-17H2;1H. The molecule has 4 fully saturated rings. The van der Waals surface area contributed by atoms with E-state index >= 15 is 0 Å².